The van der Waals surface area contributed by atoms with Crippen LogP contribution in [0.4, 0.5) is 0 Å². The van der Waals surface area contributed by atoms with Gasteiger partial charge in [-0.3, -0.25) is 0 Å². The molecule has 0 aromatic heterocycles. The molecule has 3 aliphatic carbocycles. The molecule has 6 atom stereocenters. The number of hydrogen-bond donors (Lipinski definition) is 0. The van der Waals surface area contributed by atoms with Gasteiger partial charge in [0.2, 0.25) is 0 Å². The van der Waals surface area contributed by atoms with Gasteiger partial charge in [-0.1, -0.05) is 83.1 Å². The van der Waals surface area contributed by atoms with Crippen LogP contribution in [0.15, 0.2) is 0 Å². The van der Waals surface area contributed by atoms with Crippen molar-refractivity contribution in [1.82, 2.24) is 0 Å². The molecule has 0 amide bonds. The molecule has 0 heterocycles. The summed E-state index contributed by atoms with van der Waals surface area (Å²) in [5.41, 5.74) is 2.14. The van der Waals surface area contributed by atoms with E-state index in [1.807, 2.05) is 0 Å². The fourth-order valence-electron chi connectivity index (χ4n) is 6.95. The lowest BCUT2D eigenvalue weighted by Gasteiger charge is -2.41. The molecule has 3 rings (SSSR count). The largest absolute Gasteiger partial charge is 0.0599 e. The van der Waals surface area contributed by atoms with E-state index in [1.54, 1.807) is 0 Å². The first-order chi connectivity index (χ1) is 12.4. The van der Waals surface area contributed by atoms with Crippen molar-refractivity contribution in [2.24, 2.45) is 57.2 Å². The van der Waals surface area contributed by atoms with Gasteiger partial charge in [0.1, 0.15) is 0 Å². The zero-order valence-corrected chi connectivity index (χ0v) is 21.7. The fourth-order valence-corrected chi connectivity index (χ4v) is 6.95. The minimum atomic E-state index is 0.528. The van der Waals surface area contributed by atoms with E-state index in [1.165, 1.54) is 38.5 Å². The molecule has 3 fully saturated rings. The van der Waals surface area contributed by atoms with E-state index >= 15 is 0 Å². The van der Waals surface area contributed by atoms with E-state index in [0.717, 1.165) is 35.5 Å². The van der Waals surface area contributed by atoms with Crippen molar-refractivity contribution in [3.05, 3.63) is 0 Å². The Morgan fingerprint density at radius 2 is 0.714 bits per heavy atom. The van der Waals surface area contributed by atoms with Crippen molar-refractivity contribution in [3.63, 3.8) is 0 Å². The standard InChI is InChI=1S/C15H28.C13H26/c1-14(2,3)12-8-11-7-10(12)9-13(11)15(4,5)6;1-12(2,3)10-7-8-11(9-10)13(4,5)6/h10-13H,7-9H2,1-6H3;10-11H,7-9H2,1-6H3/t10-,11?,12?,13?;/m1./s1. The predicted molar refractivity (Wildman–Crippen MR) is 126 cm³/mol. The summed E-state index contributed by atoms with van der Waals surface area (Å²) in [5, 5.41) is 0. The zero-order valence-electron chi connectivity index (χ0n) is 21.7. The Morgan fingerprint density at radius 3 is 0.893 bits per heavy atom. The maximum atomic E-state index is 2.43. The lowest BCUT2D eigenvalue weighted by Crippen LogP contribution is -2.33. The van der Waals surface area contributed by atoms with E-state index in [2.05, 4.69) is 83.1 Å². The molecule has 0 aromatic carbocycles. The monoisotopic (exact) mass is 390 g/mol. The van der Waals surface area contributed by atoms with Crippen LogP contribution in [0.1, 0.15) is 122 Å². The molecule has 0 heteroatoms. The molecule has 0 spiro atoms. The van der Waals surface area contributed by atoms with Crippen LogP contribution in [0, 0.1) is 57.2 Å². The first kappa shape index (κ1) is 24.3. The summed E-state index contributed by atoms with van der Waals surface area (Å²) in [6, 6.07) is 0. The van der Waals surface area contributed by atoms with Gasteiger partial charge >= 0.3 is 0 Å². The van der Waals surface area contributed by atoms with Gasteiger partial charge in [-0.15, -0.1) is 0 Å². The minimum absolute atomic E-state index is 0.528. The normalized spacial score (nSPS) is 36.4. The zero-order chi connectivity index (χ0) is 21.7. The highest BCUT2D eigenvalue weighted by atomic mass is 14.6. The summed E-state index contributed by atoms with van der Waals surface area (Å²) in [6.45, 7) is 29.0. The summed E-state index contributed by atoms with van der Waals surface area (Å²) in [6.07, 6.45) is 8.90. The molecule has 5 unspecified atom stereocenters. The molecule has 0 N–H and O–H groups in total. The van der Waals surface area contributed by atoms with E-state index in [4.69, 9.17) is 0 Å². The minimum Gasteiger partial charge on any atom is -0.0599 e. The van der Waals surface area contributed by atoms with Crippen molar-refractivity contribution in [1.29, 1.82) is 0 Å². The van der Waals surface area contributed by atoms with E-state index < -0.39 is 0 Å². The molecule has 3 saturated carbocycles. The smallest absolute Gasteiger partial charge is 0.0334 e. The molecule has 0 saturated heterocycles. The second-order valence-corrected chi connectivity index (χ2v) is 15.1. The van der Waals surface area contributed by atoms with Gasteiger partial charge in [0.05, 0.1) is 0 Å². The molecule has 3 aliphatic rings. The van der Waals surface area contributed by atoms with Crippen molar-refractivity contribution in [3.8, 4) is 0 Å². The summed E-state index contributed by atoms with van der Waals surface area (Å²) in [4.78, 5) is 0. The molecule has 166 valence electrons. The molecule has 0 aromatic rings. The molecule has 0 aliphatic heterocycles. The molecule has 0 nitrogen and oxygen atoms in total. The van der Waals surface area contributed by atoms with Crippen LogP contribution < -0.4 is 0 Å². The Labute approximate surface area is 179 Å². The van der Waals surface area contributed by atoms with Crippen molar-refractivity contribution in [2.45, 2.75) is 122 Å². The Balaban J connectivity index is 0.000000203. The Bertz CT molecular complexity index is 452. The summed E-state index contributed by atoms with van der Waals surface area (Å²) in [7, 11) is 0. The van der Waals surface area contributed by atoms with Crippen LogP contribution in [0.3, 0.4) is 0 Å². The molecular formula is C28H54. The van der Waals surface area contributed by atoms with Crippen LogP contribution in [0.5, 0.6) is 0 Å². The van der Waals surface area contributed by atoms with Gasteiger partial charge in [-0.05, 0) is 95.7 Å². The lowest BCUT2D eigenvalue weighted by atomic mass is 9.64. The topological polar surface area (TPSA) is 0 Å². The Hall–Kier alpha value is 0. The third kappa shape index (κ3) is 5.78. The summed E-state index contributed by atoms with van der Waals surface area (Å²) < 4.78 is 0. The first-order valence-corrected chi connectivity index (χ1v) is 12.4. The van der Waals surface area contributed by atoms with Crippen LogP contribution in [-0.2, 0) is 0 Å². The number of rotatable bonds is 0. The van der Waals surface area contributed by atoms with Gasteiger partial charge in [-0.25, -0.2) is 0 Å². The second kappa shape index (κ2) is 7.92. The van der Waals surface area contributed by atoms with Crippen LogP contribution in [-0.4, -0.2) is 0 Å². The van der Waals surface area contributed by atoms with Crippen LogP contribution in [0.2, 0.25) is 0 Å². The SMILES string of the molecule is CC(C)(C)C1CCC(C(C)(C)C)C1.CC(C)(C)C1C[C@H]2CC1CC2C(C)(C)C. The van der Waals surface area contributed by atoms with E-state index in [-0.39, 0.29) is 0 Å². The molecular weight excluding hydrogens is 336 g/mol. The highest BCUT2D eigenvalue weighted by Gasteiger charge is 2.51. The third-order valence-corrected chi connectivity index (χ3v) is 8.96. The van der Waals surface area contributed by atoms with Gasteiger partial charge in [-0.2, -0.15) is 0 Å². The van der Waals surface area contributed by atoms with Gasteiger partial charge < -0.3 is 0 Å². The maximum Gasteiger partial charge on any atom is -0.0334 e. The summed E-state index contributed by atoms with van der Waals surface area (Å²) in [5.74, 6) is 5.99. The fraction of sp³-hybridized carbons (Fsp3) is 1.00. The van der Waals surface area contributed by atoms with Gasteiger partial charge in [0.15, 0.2) is 0 Å². The maximum absolute atomic E-state index is 2.43. The molecule has 2 bridgehead atoms. The average Bonchev–Trinajstić information content (AvgIpc) is 3.19. The number of fused-ring (bicyclic) bond motifs is 2. The van der Waals surface area contributed by atoms with E-state index in [9.17, 15) is 0 Å². The number of hydrogen-bond acceptors (Lipinski definition) is 0. The van der Waals surface area contributed by atoms with Gasteiger partial charge in [0.25, 0.3) is 0 Å². The Kier molecular flexibility index (Phi) is 6.87. The van der Waals surface area contributed by atoms with Crippen LogP contribution in [0.25, 0.3) is 0 Å². The van der Waals surface area contributed by atoms with Crippen molar-refractivity contribution >= 4 is 0 Å². The summed E-state index contributed by atoms with van der Waals surface area (Å²) >= 11 is 0. The first-order valence-electron chi connectivity index (χ1n) is 12.4. The van der Waals surface area contributed by atoms with Crippen LogP contribution >= 0.6 is 0 Å². The molecule has 0 radical (unpaired) electrons. The predicted octanol–water partition coefficient (Wildman–Crippen LogP) is 9.24. The second-order valence-electron chi connectivity index (χ2n) is 15.1. The lowest BCUT2D eigenvalue weighted by molar-refractivity contribution is 0.0859. The Morgan fingerprint density at radius 1 is 0.393 bits per heavy atom. The highest BCUT2D eigenvalue weighted by Crippen LogP contribution is 2.60. The highest BCUT2D eigenvalue weighted by molar-refractivity contribution is 5.01. The molecule has 28 heavy (non-hydrogen) atoms. The van der Waals surface area contributed by atoms with Crippen molar-refractivity contribution < 1.29 is 0 Å². The van der Waals surface area contributed by atoms with Crippen molar-refractivity contribution in [2.75, 3.05) is 0 Å². The average molecular weight is 391 g/mol. The third-order valence-electron chi connectivity index (χ3n) is 8.96. The van der Waals surface area contributed by atoms with E-state index in [0.29, 0.717) is 21.7 Å². The van der Waals surface area contributed by atoms with Gasteiger partial charge in [0, 0.05) is 0 Å². The quantitative estimate of drug-likeness (QED) is 0.386.